The van der Waals surface area contributed by atoms with E-state index in [4.69, 9.17) is 0 Å². The van der Waals surface area contributed by atoms with Crippen molar-refractivity contribution >= 4 is 34.0 Å². The molecule has 1 aliphatic rings. The van der Waals surface area contributed by atoms with Crippen molar-refractivity contribution in [2.24, 2.45) is 0 Å². The van der Waals surface area contributed by atoms with Gasteiger partial charge in [0.05, 0.1) is 10.4 Å². The first-order valence-corrected chi connectivity index (χ1v) is 10.9. The lowest BCUT2D eigenvalue weighted by Crippen LogP contribution is -2.47. The van der Waals surface area contributed by atoms with Gasteiger partial charge in [0, 0.05) is 31.1 Å². The first-order chi connectivity index (χ1) is 13.7. The third kappa shape index (κ3) is 3.61. The number of hydrogen-bond donors (Lipinski definition) is 0. The van der Waals surface area contributed by atoms with Gasteiger partial charge in [-0.1, -0.05) is 25.1 Å². The van der Waals surface area contributed by atoms with Gasteiger partial charge in [0.25, 0.3) is 5.91 Å². The van der Waals surface area contributed by atoms with Crippen molar-refractivity contribution in [3.8, 4) is 0 Å². The molecule has 3 aromatic rings. The third-order valence-corrected chi connectivity index (χ3v) is 6.37. The molecule has 0 spiro atoms. The molecule has 0 radical (unpaired) electrons. The summed E-state index contributed by atoms with van der Waals surface area (Å²) < 4.78 is 0. The van der Waals surface area contributed by atoms with Gasteiger partial charge < -0.3 is 9.80 Å². The number of aryl methyl sites for hydroxylation is 1. The average molecular weight is 395 g/mol. The summed E-state index contributed by atoms with van der Waals surface area (Å²) in [7, 11) is 0. The highest BCUT2D eigenvalue weighted by Gasteiger charge is 2.29. The molecule has 1 aliphatic heterocycles. The van der Waals surface area contributed by atoms with Crippen LogP contribution in [0.15, 0.2) is 42.0 Å². The quantitative estimate of drug-likeness (QED) is 0.638. The number of benzene rings is 1. The highest BCUT2D eigenvalue weighted by molar-refractivity contribution is 7.12. The Labute approximate surface area is 170 Å². The van der Waals surface area contributed by atoms with E-state index < -0.39 is 0 Å². The molecule has 5 nitrogen and oxygen atoms in total. The highest BCUT2D eigenvalue weighted by atomic mass is 32.1. The number of nitrogens with zero attached hydrogens (tertiary/aromatic N) is 4. The lowest BCUT2D eigenvalue weighted by atomic mass is 10.0. The molecule has 4 rings (SSSR count). The van der Waals surface area contributed by atoms with Crippen molar-refractivity contribution < 1.29 is 4.79 Å². The van der Waals surface area contributed by atoms with Gasteiger partial charge in [-0.3, -0.25) is 4.79 Å². The first kappa shape index (κ1) is 18.9. The SMILES string of the molecule is CCCN(C(=O)c1cccs1)C1CCN(c2ncnc3cccc(C)c23)CC1. The van der Waals surface area contributed by atoms with Crippen LogP contribution in [0.5, 0.6) is 0 Å². The van der Waals surface area contributed by atoms with E-state index in [1.165, 1.54) is 16.9 Å². The largest absolute Gasteiger partial charge is 0.356 e. The van der Waals surface area contributed by atoms with Crippen LogP contribution in [0.25, 0.3) is 10.9 Å². The molecule has 1 aromatic carbocycles. The molecule has 28 heavy (non-hydrogen) atoms. The summed E-state index contributed by atoms with van der Waals surface area (Å²) in [6, 6.07) is 10.4. The van der Waals surface area contributed by atoms with E-state index >= 15 is 0 Å². The molecular formula is C22H26N4OS. The van der Waals surface area contributed by atoms with Crippen LogP contribution < -0.4 is 4.90 Å². The smallest absolute Gasteiger partial charge is 0.264 e. The van der Waals surface area contributed by atoms with Crippen LogP contribution in [0.1, 0.15) is 41.4 Å². The second-order valence-corrected chi connectivity index (χ2v) is 8.31. The van der Waals surface area contributed by atoms with Crippen LogP contribution in [0.4, 0.5) is 5.82 Å². The lowest BCUT2D eigenvalue weighted by Gasteiger charge is -2.39. The lowest BCUT2D eigenvalue weighted by molar-refractivity contribution is 0.0655. The van der Waals surface area contributed by atoms with Gasteiger partial charge in [-0.15, -0.1) is 11.3 Å². The average Bonchev–Trinajstić information content (AvgIpc) is 3.27. The van der Waals surface area contributed by atoms with Crippen LogP contribution in [0.2, 0.25) is 0 Å². The number of amides is 1. The number of carbonyl (C=O) groups is 1. The van der Waals surface area contributed by atoms with Crippen molar-refractivity contribution in [2.45, 2.75) is 39.2 Å². The van der Waals surface area contributed by atoms with Crippen molar-refractivity contribution in [2.75, 3.05) is 24.5 Å². The summed E-state index contributed by atoms with van der Waals surface area (Å²) in [6.07, 6.45) is 4.57. The van der Waals surface area contributed by atoms with E-state index in [9.17, 15) is 4.79 Å². The molecule has 3 heterocycles. The molecule has 146 valence electrons. The van der Waals surface area contributed by atoms with Crippen molar-refractivity contribution in [1.29, 1.82) is 0 Å². The Kier molecular flexibility index (Phi) is 5.57. The number of carbonyl (C=O) groups excluding carboxylic acids is 1. The molecule has 0 bridgehead atoms. The molecule has 2 aromatic heterocycles. The molecule has 0 saturated carbocycles. The second kappa shape index (κ2) is 8.27. The van der Waals surface area contributed by atoms with E-state index in [0.29, 0.717) is 6.04 Å². The standard InChI is InChI=1S/C22H26N4OS/c1-3-11-26(22(27)19-8-5-14-28-19)17-9-12-25(13-10-17)21-20-16(2)6-4-7-18(20)23-15-24-21/h4-8,14-15,17H,3,9-13H2,1-2H3. The summed E-state index contributed by atoms with van der Waals surface area (Å²) in [5.74, 6) is 1.20. The maximum Gasteiger partial charge on any atom is 0.264 e. The minimum Gasteiger partial charge on any atom is -0.356 e. The van der Waals surface area contributed by atoms with Crippen LogP contribution >= 0.6 is 11.3 Å². The van der Waals surface area contributed by atoms with Gasteiger partial charge in [0.15, 0.2) is 0 Å². The zero-order chi connectivity index (χ0) is 19.5. The topological polar surface area (TPSA) is 49.3 Å². The number of fused-ring (bicyclic) bond motifs is 1. The van der Waals surface area contributed by atoms with Gasteiger partial charge in [0.1, 0.15) is 12.1 Å². The Morgan fingerprint density at radius 2 is 2.04 bits per heavy atom. The van der Waals surface area contributed by atoms with Gasteiger partial charge >= 0.3 is 0 Å². The Bertz CT molecular complexity index is 943. The minimum absolute atomic E-state index is 0.179. The Morgan fingerprint density at radius 3 is 2.75 bits per heavy atom. The van der Waals surface area contributed by atoms with E-state index in [1.807, 2.05) is 29.6 Å². The summed E-state index contributed by atoms with van der Waals surface area (Å²) in [5, 5.41) is 3.12. The van der Waals surface area contributed by atoms with Crippen LogP contribution in [0.3, 0.4) is 0 Å². The third-order valence-electron chi connectivity index (χ3n) is 5.51. The normalized spacial score (nSPS) is 15.1. The van der Waals surface area contributed by atoms with Gasteiger partial charge in [-0.25, -0.2) is 9.97 Å². The monoisotopic (exact) mass is 394 g/mol. The predicted molar refractivity (Wildman–Crippen MR) is 115 cm³/mol. The Hall–Kier alpha value is -2.47. The fraction of sp³-hybridized carbons (Fsp3) is 0.409. The van der Waals surface area contributed by atoms with E-state index in [0.717, 1.165) is 60.5 Å². The zero-order valence-corrected chi connectivity index (χ0v) is 17.3. The fourth-order valence-electron chi connectivity index (χ4n) is 4.12. The van der Waals surface area contributed by atoms with Gasteiger partial charge in [-0.05, 0) is 49.3 Å². The highest BCUT2D eigenvalue weighted by Crippen LogP contribution is 2.29. The summed E-state index contributed by atoms with van der Waals surface area (Å²) in [6.45, 7) is 6.88. The van der Waals surface area contributed by atoms with E-state index in [1.54, 1.807) is 6.33 Å². The van der Waals surface area contributed by atoms with Gasteiger partial charge in [0.2, 0.25) is 0 Å². The van der Waals surface area contributed by atoms with Crippen LogP contribution in [-0.2, 0) is 0 Å². The van der Waals surface area contributed by atoms with E-state index in [2.05, 4.69) is 39.7 Å². The molecule has 1 saturated heterocycles. The minimum atomic E-state index is 0.179. The molecule has 1 fully saturated rings. The van der Waals surface area contributed by atoms with Crippen LogP contribution in [-0.4, -0.2) is 46.5 Å². The number of piperidine rings is 1. The molecule has 6 heteroatoms. The molecule has 0 N–H and O–H groups in total. The predicted octanol–water partition coefficient (Wildman–Crippen LogP) is 4.52. The molecule has 0 unspecified atom stereocenters. The Morgan fingerprint density at radius 1 is 1.21 bits per heavy atom. The molecular weight excluding hydrogens is 368 g/mol. The number of aromatic nitrogens is 2. The van der Waals surface area contributed by atoms with Crippen LogP contribution in [0, 0.1) is 6.92 Å². The maximum atomic E-state index is 13.0. The number of thiophene rings is 1. The summed E-state index contributed by atoms with van der Waals surface area (Å²) >= 11 is 1.53. The summed E-state index contributed by atoms with van der Waals surface area (Å²) in [5.41, 5.74) is 2.20. The fourth-order valence-corrected chi connectivity index (χ4v) is 4.80. The number of rotatable bonds is 5. The van der Waals surface area contributed by atoms with Crippen molar-refractivity contribution in [1.82, 2.24) is 14.9 Å². The molecule has 0 aliphatic carbocycles. The number of hydrogen-bond acceptors (Lipinski definition) is 5. The first-order valence-electron chi connectivity index (χ1n) is 9.98. The summed E-state index contributed by atoms with van der Waals surface area (Å²) in [4.78, 5) is 27.3. The molecule has 0 atom stereocenters. The maximum absolute atomic E-state index is 13.0. The van der Waals surface area contributed by atoms with Gasteiger partial charge in [-0.2, -0.15) is 0 Å². The molecule has 1 amide bonds. The zero-order valence-electron chi connectivity index (χ0n) is 16.5. The number of anilines is 1. The second-order valence-electron chi connectivity index (χ2n) is 7.36. The Balaban J connectivity index is 1.52. The van der Waals surface area contributed by atoms with Crippen molar-refractivity contribution in [3.05, 3.63) is 52.5 Å². The van der Waals surface area contributed by atoms with Crippen molar-refractivity contribution in [3.63, 3.8) is 0 Å². The van der Waals surface area contributed by atoms with E-state index in [-0.39, 0.29) is 5.91 Å².